The molecule has 0 saturated heterocycles. The van der Waals surface area contributed by atoms with Crippen LogP contribution >= 0.6 is 0 Å². The van der Waals surface area contributed by atoms with Gasteiger partial charge in [-0.15, -0.1) is 0 Å². The first-order valence-corrected chi connectivity index (χ1v) is 11.1. The molecule has 0 radical (unpaired) electrons. The Bertz CT molecular complexity index is 797. The van der Waals surface area contributed by atoms with Crippen LogP contribution in [-0.4, -0.2) is 29.3 Å². The molecule has 0 aromatic heterocycles. The fourth-order valence-corrected chi connectivity index (χ4v) is 3.47. The maximum Gasteiger partial charge on any atom is 0.242 e. The zero-order chi connectivity index (χ0) is 21.9. The van der Waals surface area contributed by atoms with Crippen LogP contribution in [0.25, 0.3) is 0 Å². The number of amides is 2. The van der Waals surface area contributed by atoms with E-state index < -0.39 is 6.04 Å². The first-order valence-electron chi connectivity index (χ1n) is 11.1. The van der Waals surface area contributed by atoms with E-state index >= 15 is 0 Å². The Morgan fingerprint density at radius 1 is 0.900 bits per heavy atom. The molecule has 1 atom stereocenters. The Morgan fingerprint density at radius 3 is 2.00 bits per heavy atom. The summed E-state index contributed by atoms with van der Waals surface area (Å²) in [6, 6.07) is 16.0. The topological polar surface area (TPSA) is 49.4 Å². The lowest BCUT2D eigenvalue weighted by atomic mass is 10.0. The Hall–Kier alpha value is -2.62. The normalized spacial score (nSPS) is 11.7. The van der Waals surface area contributed by atoms with Crippen LogP contribution in [0.1, 0.15) is 61.8 Å². The molecule has 0 bridgehead atoms. The van der Waals surface area contributed by atoms with Gasteiger partial charge in [0.1, 0.15) is 6.04 Å². The maximum atomic E-state index is 13.2. The molecule has 0 fully saturated rings. The number of rotatable bonds is 11. The molecule has 2 aromatic rings. The van der Waals surface area contributed by atoms with Gasteiger partial charge >= 0.3 is 0 Å². The average Bonchev–Trinajstić information content (AvgIpc) is 2.74. The van der Waals surface area contributed by atoms with Crippen molar-refractivity contribution in [1.29, 1.82) is 0 Å². The molecule has 0 aliphatic rings. The van der Waals surface area contributed by atoms with E-state index in [1.165, 1.54) is 11.1 Å². The second-order valence-electron chi connectivity index (χ2n) is 8.06. The van der Waals surface area contributed by atoms with Crippen molar-refractivity contribution in [2.45, 2.75) is 72.4 Å². The summed E-state index contributed by atoms with van der Waals surface area (Å²) in [5, 5.41) is 3.01. The van der Waals surface area contributed by atoms with Crippen LogP contribution < -0.4 is 5.32 Å². The lowest BCUT2D eigenvalue weighted by molar-refractivity contribution is -0.141. The molecule has 4 nitrogen and oxygen atoms in total. The van der Waals surface area contributed by atoms with E-state index in [4.69, 9.17) is 0 Å². The number of benzene rings is 2. The van der Waals surface area contributed by atoms with Crippen LogP contribution in [0.5, 0.6) is 0 Å². The van der Waals surface area contributed by atoms with E-state index in [0.29, 0.717) is 32.4 Å². The van der Waals surface area contributed by atoms with Gasteiger partial charge in [-0.3, -0.25) is 9.59 Å². The molecule has 1 N–H and O–H groups in total. The summed E-state index contributed by atoms with van der Waals surface area (Å²) >= 11 is 0. The van der Waals surface area contributed by atoms with Gasteiger partial charge < -0.3 is 10.2 Å². The molecular weight excluding hydrogens is 372 g/mol. The van der Waals surface area contributed by atoms with Gasteiger partial charge in [0.25, 0.3) is 0 Å². The third-order valence-corrected chi connectivity index (χ3v) is 5.44. The summed E-state index contributed by atoms with van der Waals surface area (Å²) in [5.41, 5.74) is 4.58. The van der Waals surface area contributed by atoms with Gasteiger partial charge in [-0.1, -0.05) is 79.9 Å². The maximum absolute atomic E-state index is 13.2. The molecule has 0 saturated carbocycles. The minimum Gasteiger partial charge on any atom is -0.354 e. The predicted octanol–water partition coefficient (Wildman–Crippen LogP) is 4.96. The molecule has 2 aromatic carbocycles. The molecule has 0 aliphatic carbocycles. The van der Waals surface area contributed by atoms with Gasteiger partial charge in [0.2, 0.25) is 11.8 Å². The molecule has 0 unspecified atom stereocenters. The quantitative estimate of drug-likeness (QED) is 0.534. The smallest absolute Gasteiger partial charge is 0.242 e. The second kappa shape index (κ2) is 12.2. The third kappa shape index (κ3) is 7.33. The fraction of sp³-hybridized carbons (Fsp3) is 0.462. The highest BCUT2D eigenvalue weighted by molar-refractivity contribution is 5.87. The number of nitrogens with zero attached hydrogens (tertiary/aromatic N) is 1. The van der Waals surface area contributed by atoms with Gasteiger partial charge in [-0.05, 0) is 44.2 Å². The highest BCUT2D eigenvalue weighted by Gasteiger charge is 2.28. The van der Waals surface area contributed by atoms with Crippen molar-refractivity contribution in [1.82, 2.24) is 10.2 Å². The number of hydrogen-bond donors (Lipinski definition) is 1. The zero-order valence-corrected chi connectivity index (χ0v) is 18.9. The fourth-order valence-electron chi connectivity index (χ4n) is 3.47. The van der Waals surface area contributed by atoms with Crippen molar-refractivity contribution >= 4 is 11.8 Å². The van der Waals surface area contributed by atoms with Crippen LogP contribution in [0.2, 0.25) is 0 Å². The number of aryl methyl sites for hydroxylation is 3. The highest BCUT2D eigenvalue weighted by atomic mass is 16.2. The summed E-state index contributed by atoms with van der Waals surface area (Å²) < 4.78 is 0. The van der Waals surface area contributed by atoms with Gasteiger partial charge in [-0.2, -0.15) is 0 Å². The largest absolute Gasteiger partial charge is 0.354 e. The zero-order valence-electron chi connectivity index (χ0n) is 18.9. The van der Waals surface area contributed by atoms with Crippen LogP contribution in [0, 0.1) is 13.8 Å². The predicted molar refractivity (Wildman–Crippen MR) is 123 cm³/mol. The summed E-state index contributed by atoms with van der Waals surface area (Å²) in [4.78, 5) is 27.8. The first kappa shape index (κ1) is 23.7. The van der Waals surface area contributed by atoms with E-state index in [-0.39, 0.29) is 11.8 Å². The van der Waals surface area contributed by atoms with E-state index in [1.807, 2.05) is 38.1 Å². The molecule has 0 aliphatic heterocycles. The molecule has 2 amide bonds. The van der Waals surface area contributed by atoms with E-state index in [2.05, 4.69) is 43.4 Å². The van der Waals surface area contributed by atoms with Crippen LogP contribution in [-0.2, 0) is 22.6 Å². The minimum absolute atomic E-state index is 0.0219. The van der Waals surface area contributed by atoms with Crippen LogP contribution in [0.15, 0.2) is 48.5 Å². The van der Waals surface area contributed by atoms with E-state index in [1.54, 1.807) is 4.90 Å². The second-order valence-corrected chi connectivity index (χ2v) is 8.06. The van der Waals surface area contributed by atoms with Crippen molar-refractivity contribution in [3.05, 3.63) is 70.8 Å². The van der Waals surface area contributed by atoms with Gasteiger partial charge in [0.15, 0.2) is 0 Å². The summed E-state index contributed by atoms with van der Waals surface area (Å²) in [6.45, 7) is 9.28. The van der Waals surface area contributed by atoms with Crippen molar-refractivity contribution in [2.24, 2.45) is 0 Å². The Morgan fingerprint density at radius 2 is 1.47 bits per heavy atom. The van der Waals surface area contributed by atoms with Gasteiger partial charge in [0, 0.05) is 19.5 Å². The van der Waals surface area contributed by atoms with Crippen molar-refractivity contribution in [2.75, 3.05) is 6.54 Å². The number of carbonyl (C=O) groups excluding carboxylic acids is 2. The monoisotopic (exact) mass is 408 g/mol. The summed E-state index contributed by atoms with van der Waals surface area (Å²) in [6.07, 6.45) is 3.65. The number of unbranched alkanes of at least 4 members (excludes halogenated alkanes) is 1. The molecule has 4 heteroatoms. The van der Waals surface area contributed by atoms with Crippen LogP contribution in [0.4, 0.5) is 0 Å². The Balaban J connectivity index is 2.15. The molecule has 2 rings (SSSR count). The molecule has 0 heterocycles. The SMILES string of the molecule is CCCCNC(=O)[C@H](CC)N(Cc1ccc(C)cc1)C(=O)CCc1ccc(C)cc1. The Kier molecular flexibility index (Phi) is 9.59. The number of nitrogens with one attached hydrogen (secondary N) is 1. The first-order chi connectivity index (χ1) is 14.4. The molecule has 30 heavy (non-hydrogen) atoms. The Labute approximate surface area is 181 Å². The van der Waals surface area contributed by atoms with Gasteiger partial charge in [-0.25, -0.2) is 0 Å². The lowest BCUT2D eigenvalue weighted by Crippen LogP contribution is -2.49. The molecule has 162 valence electrons. The average molecular weight is 409 g/mol. The molecule has 0 spiro atoms. The van der Waals surface area contributed by atoms with Crippen LogP contribution in [0.3, 0.4) is 0 Å². The van der Waals surface area contributed by atoms with E-state index in [9.17, 15) is 9.59 Å². The summed E-state index contributed by atoms with van der Waals surface area (Å²) in [7, 11) is 0. The van der Waals surface area contributed by atoms with E-state index in [0.717, 1.165) is 24.0 Å². The number of hydrogen-bond acceptors (Lipinski definition) is 2. The van der Waals surface area contributed by atoms with Gasteiger partial charge in [0.05, 0.1) is 0 Å². The minimum atomic E-state index is -0.450. The van der Waals surface area contributed by atoms with Crippen molar-refractivity contribution < 1.29 is 9.59 Å². The summed E-state index contributed by atoms with van der Waals surface area (Å²) in [5.74, 6) is -0.0320. The lowest BCUT2D eigenvalue weighted by Gasteiger charge is -2.31. The third-order valence-electron chi connectivity index (χ3n) is 5.44. The highest BCUT2D eigenvalue weighted by Crippen LogP contribution is 2.16. The van der Waals surface area contributed by atoms with Crippen molar-refractivity contribution in [3.63, 3.8) is 0 Å². The van der Waals surface area contributed by atoms with Crippen molar-refractivity contribution in [3.8, 4) is 0 Å². The standard InChI is InChI=1S/C26H36N2O2/c1-5-7-18-27-26(30)24(6-2)28(19-23-14-10-21(4)11-15-23)25(29)17-16-22-12-8-20(3)9-13-22/h8-15,24H,5-7,16-19H2,1-4H3,(H,27,30)/t24-/m0/s1. The molecular formula is C26H36N2O2. The number of carbonyl (C=O) groups is 2.